The molecule has 0 spiro atoms. The van der Waals surface area contributed by atoms with Crippen molar-refractivity contribution in [3.63, 3.8) is 0 Å². The van der Waals surface area contributed by atoms with Crippen LogP contribution >= 0.6 is 0 Å². The predicted molar refractivity (Wildman–Crippen MR) is 67.7 cm³/mol. The van der Waals surface area contributed by atoms with Crippen LogP contribution in [0.15, 0.2) is 24.3 Å². The van der Waals surface area contributed by atoms with Gasteiger partial charge in [-0.05, 0) is 43.4 Å². The van der Waals surface area contributed by atoms with E-state index >= 15 is 0 Å². The van der Waals surface area contributed by atoms with Crippen LogP contribution < -0.4 is 5.32 Å². The molecule has 2 fully saturated rings. The van der Waals surface area contributed by atoms with Crippen LogP contribution in [0.5, 0.6) is 0 Å². The average molecular weight is 247 g/mol. The molecule has 2 nitrogen and oxygen atoms in total. The van der Waals surface area contributed by atoms with E-state index in [0.717, 1.165) is 31.2 Å². The van der Waals surface area contributed by atoms with Gasteiger partial charge >= 0.3 is 0 Å². The van der Waals surface area contributed by atoms with Crippen LogP contribution in [0.3, 0.4) is 0 Å². The molecule has 3 rings (SSSR count). The Kier molecular flexibility index (Phi) is 2.84. The second-order valence-electron chi connectivity index (χ2n) is 5.54. The molecule has 1 amide bonds. The molecule has 96 valence electrons. The Labute approximate surface area is 107 Å². The molecule has 0 bridgehead atoms. The van der Waals surface area contributed by atoms with Gasteiger partial charge in [-0.1, -0.05) is 25.0 Å². The van der Waals surface area contributed by atoms with Gasteiger partial charge in [0.25, 0.3) is 0 Å². The maximum atomic E-state index is 12.9. The highest BCUT2D eigenvalue weighted by Gasteiger charge is 2.51. The molecular formula is C15H18FNO. The highest BCUT2D eigenvalue weighted by Crippen LogP contribution is 2.48. The van der Waals surface area contributed by atoms with Crippen molar-refractivity contribution in [1.29, 1.82) is 0 Å². The number of amides is 1. The van der Waals surface area contributed by atoms with Gasteiger partial charge in [0.2, 0.25) is 5.91 Å². The first-order chi connectivity index (χ1) is 8.71. The molecule has 1 aromatic carbocycles. The summed E-state index contributed by atoms with van der Waals surface area (Å²) in [5.41, 5.74) is 0.593. The highest BCUT2D eigenvalue weighted by molar-refractivity contribution is 5.91. The first-order valence-corrected chi connectivity index (χ1v) is 6.78. The van der Waals surface area contributed by atoms with E-state index in [4.69, 9.17) is 0 Å². The summed E-state index contributed by atoms with van der Waals surface area (Å²) in [6.45, 7) is 0. The SMILES string of the molecule is O=C(NC1CCCC1)C1(c2ccc(F)cc2)CC1. The van der Waals surface area contributed by atoms with Gasteiger partial charge in [-0.15, -0.1) is 0 Å². The van der Waals surface area contributed by atoms with Crippen LogP contribution in [0.4, 0.5) is 4.39 Å². The zero-order chi connectivity index (χ0) is 12.6. The third-order valence-corrected chi connectivity index (χ3v) is 4.27. The Morgan fingerprint density at radius 3 is 2.33 bits per heavy atom. The summed E-state index contributed by atoms with van der Waals surface area (Å²) in [6, 6.07) is 6.74. The summed E-state index contributed by atoms with van der Waals surface area (Å²) in [6.07, 6.45) is 6.41. The van der Waals surface area contributed by atoms with E-state index in [0.29, 0.717) is 6.04 Å². The van der Waals surface area contributed by atoms with Gasteiger partial charge in [0.05, 0.1) is 5.41 Å². The zero-order valence-electron chi connectivity index (χ0n) is 10.4. The number of nitrogens with one attached hydrogen (secondary N) is 1. The second-order valence-corrected chi connectivity index (χ2v) is 5.54. The van der Waals surface area contributed by atoms with E-state index in [-0.39, 0.29) is 17.1 Å². The molecule has 0 unspecified atom stereocenters. The fraction of sp³-hybridized carbons (Fsp3) is 0.533. The average Bonchev–Trinajstić information content (AvgIpc) is 3.03. The zero-order valence-corrected chi connectivity index (χ0v) is 10.4. The summed E-state index contributed by atoms with van der Waals surface area (Å²) in [5.74, 6) is -0.105. The highest BCUT2D eigenvalue weighted by atomic mass is 19.1. The fourth-order valence-corrected chi connectivity index (χ4v) is 2.93. The summed E-state index contributed by atoms with van der Waals surface area (Å²) in [7, 11) is 0. The number of halogens is 1. The minimum Gasteiger partial charge on any atom is -0.353 e. The van der Waals surface area contributed by atoms with E-state index in [1.807, 2.05) is 0 Å². The second kappa shape index (κ2) is 4.38. The Hall–Kier alpha value is -1.38. The van der Waals surface area contributed by atoms with Crippen molar-refractivity contribution in [1.82, 2.24) is 5.32 Å². The summed E-state index contributed by atoms with van der Waals surface area (Å²) >= 11 is 0. The van der Waals surface area contributed by atoms with Gasteiger partial charge in [-0.2, -0.15) is 0 Å². The molecule has 2 aliphatic rings. The van der Waals surface area contributed by atoms with Crippen LogP contribution in [0.1, 0.15) is 44.1 Å². The van der Waals surface area contributed by atoms with Gasteiger partial charge in [-0.25, -0.2) is 4.39 Å². The van der Waals surface area contributed by atoms with Gasteiger partial charge in [-0.3, -0.25) is 4.79 Å². The van der Waals surface area contributed by atoms with Gasteiger partial charge in [0, 0.05) is 6.04 Å². The molecule has 0 radical (unpaired) electrons. The van der Waals surface area contributed by atoms with Crippen molar-refractivity contribution in [3.05, 3.63) is 35.6 Å². The maximum Gasteiger partial charge on any atom is 0.230 e. The molecule has 3 heteroatoms. The third kappa shape index (κ3) is 2.02. The van der Waals surface area contributed by atoms with Gasteiger partial charge < -0.3 is 5.32 Å². The number of rotatable bonds is 3. The summed E-state index contributed by atoms with van der Waals surface area (Å²) in [4.78, 5) is 12.4. The number of carbonyl (C=O) groups is 1. The fourth-order valence-electron chi connectivity index (χ4n) is 2.93. The summed E-state index contributed by atoms with van der Waals surface area (Å²) < 4.78 is 12.9. The monoisotopic (exact) mass is 247 g/mol. The molecule has 0 heterocycles. The minimum absolute atomic E-state index is 0.140. The molecule has 18 heavy (non-hydrogen) atoms. The van der Waals surface area contributed by atoms with Crippen molar-refractivity contribution in [2.75, 3.05) is 0 Å². The molecular weight excluding hydrogens is 229 g/mol. The number of carbonyl (C=O) groups excluding carboxylic acids is 1. The van der Waals surface area contributed by atoms with Crippen molar-refractivity contribution in [3.8, 4) is 0 Å². The predicted octanol–water partition coefficient (Wildman–Crippen LogP) is 2.92. The van der Waals surface area contributed by atoms with Gasteiger partial charge in [0.15, 0.2) is 0 Å². The number of hydrogen-bond donors (Lipinski definition) is 1. The molecule has 0 aliphatic heterocycles. The first-order valence-electron chi connectivity index (χ1n) is 6.78. The molecule has 1 N–H and O–H groups in total. The maximum absolute atomic E-state index is 12.9. The largest absolute Gasteiger partial charge is 0.353 e. The summed E-state index contributed by atoms with van der Waals surface area (Å²) in [5, 5.41) is 3.16. The van der Waals surface area contributed by atoms with E-state index in [2.05, 4.69) is 5.32 Å². The first kappa shape index (κ1) is 11.7. The number of hydrogen-bond acceptors (Lipinski definition) is 1. The molecule has 0 saturated heterocycles. The quantitative estimate of drug-likeness (QED) is 0.874. The topological polar surface area (TPSA) is 29.1 Å². The molecule has 2 aliphatic carbocycles. The van der Waals surface area contributed by atoms with Crippen LogP contribution in [0, 0.1) is 5.82 Å². The molecule has 0 aromatic heterocycles. The Balaban J connectivity index is 1.73. The standard InChI is InChI=1S/C15H18FNO/c16-12-7-5-11(6-8-12)15(9-10-15)14(18)17-13-3-1-2-4-13/h5-8,13H,1-4,9-10H2,(H,17,18). The van der Waals surface area contributed by atoms with E-state index in [1.165, 1.54) is 25.0 Å². The van der Waals surface area contributed by atoms with Crippen molar-refractivity contribution in [2.45, 2.75) is 50.0 Å². The molecule has 1 aromatic rings. The Morgan fingerprint density at radius 2 is 1.78 bits per heavy atom. The van der Waals surface area contributed by atoms with Crippen LogP contribution in [-0.2, 0) is 10.2 Å². The van der Waals surface area contributed by atoms with Crippen LogP contribution in [-0.4, -0.2) is 11.9 Å². The lowest BCUT2D eigenvalue weighted by Crippen LogP contribution is -2.40. The lowest BCUT2D eigenvalue weighted by Gasteiger charge is -2.19. The van der Waals surface area contributed by atoms with Crippen LogP contribution in [0.2, 0.25) is 0 Å². The van der Waals surface area contributed by atoms with Crippen molar-refractivity contribution >= 4 is 5.91 Å². The molecule has 2 saturated carbocycles. The Bertz CT molecular complexity index is 444. The van der Waals surface area contributed by atoms with Crippen LogP contribution in [0.25, 0.3) is 0 Å². The van der Waals surface area contributed by atoms with E-state index < -0.39 is 0 Å². The number of benzene rings is 1. The van der Waals surface area contributed by atoms with E-state index in [1.54, 1.807) is 12.1 Å². The van der Waals surface area contributed by atoms with Crippen molar-refractivity contribution < 1.29 is 9.18 Å². The van der Waals surface area contributed by atoms with E-state index in [9.17, 15) is 9.18 Å². The third-order valence-electron chi connectivity index (χ3n) is 4.27. The van der Waals surface area contributed by atoms with Crippen molar-refractivity contribution in [2.24, 2.45) is 0 Å². The smallest absolute Gasteiger partial charge is 0.230 e. The Morgan fingerprint density at radius 1 is 1.17 bits per heavy atom. The lowest BCUT2D eigenvalue weighted by atomic mass is 9.94. The minimum atomic E-state index is -0.365. The molecule has 0 atom stereocenters. The lowest BCUT2D eigenvalue weighted by molar-refractivity contribution is -0.124. The van der Waals surface area contributed by atoms with Gasteiger partial charge in [0.1, 0.15) is 5.82 Å². The normalized spacial score (nSPS) is 21.8.